The van der Waals surface area contributed by atoms with Gasteiger partial charge in [0.25, 0.3) is 0 Å². The quantitative estimate of drug-likeness (QED) is 0.450. The largest absolute Gasteiger partial charge is 0.489 e. The summed E-state index contributed by atoms with van der Waals surface area (Å²) in [6.07, 6.45) is 4.84. The average molecular weight is 397 g/mol. The molecule has 1 fully saturated rings. The van der Waals surface area contributed by atoms with Crippen molar-refractivity contribution in [3.8, 4) is 5.75 Å². The van der Waals surface area contributed by atoms with Gasteiger partial charge in [-0.25, -0.2) is 0 Å². The lowest BCUT2D eigenvalue weighted by Gasteiger charge is -2.22. The van der Waals surface area contributed by atoms with Crippen molar-refractivity contribution in [1.82, 2.24) is 9.88 Å². The van der Waals surface area contributed by atoms with Gasteiger partial charge in [-0.1, -0.05) is 60.7 Å². The van der Waals surface area contributed by atoms with Crippen molar-refractivity contribution in [2.24, 2.45) is 0 Å². The molecule has 1 aliphatic rings. The first-order chi connectivity index (χ1) is 14.9. The van der Waals surface area contributed by atoms with Gasteiger partial charge in [0.1, 0.15) is 12.4 Å². The summed E-state index contributed by atoms with van der Waals surface area (Å²) >= 11 is 0. The molecule has 0 atom stereocenters. The highest BCUT2D eigenvalue weighted by Crippen LogP contribution is 2.33. The Bertz CT molecular complexity index is 1090. The van der Waals surface area contributed by atoms with Crippen molar-refractivity contribution in [3.63, 3.8) is 0 Å². The molecule has 1 aliphatic heterocycles. The lowest BCUT2D eigenvalue weighted by Crippen LogP contribution is -2.26. The van der Waals surface area contributed by atoms with Gasteiger partial charge in [0.2, 0.25) is 0 Å². The Morgan fingerprint density at radius 2 is 1.53 bits per heavy atom. The topological polar surface area (TPSA) is 26.2 Å². The van der Waals surface area contributed by atoms with Crippen molar-refractivity contribution in [3.05, 3.63) is 102 Å². The predicted octanol–water partition coefficient (Wildman–Crippen LogP) is 5.74. The van der Waals surface area contributed by atoms with Crippen molar-refractivity contribution in [1.29, 1.82) is 0 Å². The van der Waals surface area contributed by atoms with E-state index in [1.165, 1.54) is 40.4 Å². The molecular weight excluding hydrogens is 368 g/mol. The van der Waals surface area contributed by atoms with Gasteiger partial charge in [0, 0.05) is 23.6 Å². The highest BCUT2D eigenvalue weighted by molar-refractivity contribution is 5.84. The van der Waals surface area contributed by atoms with Gasteiger partial charge < -0.3 is 14.6 Å². The number of aromatic nitrogens is 1. The average Bonchev–Trinajstić information content (AvgIpc) is 3.18. The number of hydrogen-bond donors (Lipinski definition) is 1. The molecule has 4 aromatic rings. The maximum atomic E-state index is 5.94. The van der Waals surface area contributed by atoms with E-state index in [0.29, 0.717) is 12.5 Å². The lowest BCUT2D eigenvalue weighted by atomic mass is 9.90. The molecule has 30 heavy (non-hydrogen) atoms. The van der Waals surface area contributed by atoms with Crippen molar-refractivity contribution in [2.45, 2.75) is 31.9 Å². The molecular formula is C27H28N2O. The van der Waals surface area contributed by atoms with E-state index in [2.05, 4.69) is 76.7 Å². The van der Waals surface area contributed by atoms with Crippen LogP contribution in [0.2, 0.25) is 0 Å². The normalized spacial score (nSPS) is 14.8. The molecule has 3 aromatic carbocycles. The van der Waals surface area contributed by atoms with Crippen molar-refractivity contribution in [2.75, 3.05) is 13.1 Å². The third-order valence-corrected chi connectivity index (χ3v) is 6.12. The zero-order valence-electron chi connectivity index (χ0n) is 17.3. The Hall–Kier alpha value is -3.04. The molecule has 3 heteroatoms. The summed E-state index contributed by atoms with van der Waals surface area (Å²) in [7, 11) is 0. The third-order valence-electron chi connectivity index (χ3n) is 6.12. The summed E-state index contributed by atoms with van der Waals surface area (Å²) in [6, 6.07) is 27.6. The van der Waals surface area contributed by atoms with E-state index in [1.807, 2.05) is 18.2 Å². The summed E-state index contributed by atoms with van der Waals surface area (Å²) < 4.78 is 8.35. The van der Waals surface area contributed by atoms with Crippen LogP contribution in [0.4, 0.5) is 0 Å². The van der Waals surface area contributed by atoms with E-state index in [1.54, 1.807) is 0 Å². The van der Waals surface area contributed by atoms with Crippen LogP contribution in [0.3, 0.4) is 0 Å². The predicted molar refractivity (Wildman–Crippen MR) is 123 cm³/mol. The van der Waals surface area contributed by atoms with Crippen LogP contribution in [-0.2, 0) is 13.2 Å². The van der Waals surface area contributed by atoms with Gasteiger partial charge in [0.05, 0.1) is 0 Å². The first-order valence-electron chi connectivity index (χ1n) is 10.9. The van der Waals surface area contributed by atoms with Crippen LogP contribution in [-0.4, -0.2) is 17.7 Å². The zero-order valence-corrected chi connectivity index (χ0v) is 17.3. The summed E-state index contributed by atoms with van der Waals surface area (Å²) in [5.74, 6) is 1.57. The Morgan fingerprint density at radius 3 is 2.33 bits per heavy atom. The summed E-state index contributed by atoms with van der Waals surface area (Å²) in [5.41, 5.74) is 5.32. The fourth-order valence-electron chi connectivity index (χ4n) is 4.49. The zero-order chi connectivity index (χ0) is 20.2. The van der Waals surface area contributed by atoms with Gasteiger partial charge in [-0.2, -0.15) is 0 Å². The second kappa shape index (κ2) is 8.76. The summed E-state index contributed by atoms with van der Waals surface area (Å²) in [5, 5.41) is 4.90. The molecule has 0 radical (unpaired) electrons. The fourth-order valence-corrected chi connectivity index (χ4v) is 4.49. The minimum atomic E-state index is 0.599. The Balaban J connectivity index is 1.33. The van der Waals surface area contributed by atoms with Crippen LogP contribution in [0.1, 0.15) is 35.4 Å². The minimum Gasteiger partial charge on any atom is -0.489 e. The molecule has 0 amide bonds. The van der Waals surface area contributed by atoms with Crippen LogP contribution in [0.25, 0.3) is 10.9 Å². The van der Waals surface area contributed by atoms with Gasteiger partial charge >= 0.3 is 0 Å². The number of benzene rings is 3. The van der Waals surface area contributed by atoms with E-state index in [9.17, 15) is 0 Å². The van der Waals surface area contributed by atoms with Crippen LogP contribution in [0.5, 0.6) is 5.75 Å². The van der Waals surface area contributed by atoms with Gasteiger partial charge in [-0.05, 0) is 66.7 Å². The van der Waals surface area contributed by atoms with Gasteiger partial charge in [-0.3, -0.25) is 0 Å². The molecule has 0 aliphatic carbocycles. The first kappa shape index (κ1) is 19.0. The molecule has 0 spiro atoms. The Morgan fingerprint density at radius 1 is 0.800 bits per heavy atom. The molecule has 5 rings (SSSR count). The fraction of sp³-hybridized carbons (Fsp3) is 0.259. The number of para-hydroxylation sites is 1. The monoisotopic (exact) mass is 396 g/mol. The molecule has 3 nitrogen and oxygen atoms in total. The first-order valence-corrected chi connectivity index (χ1v) is 10.9. The number of rotatable bonds is 6. The Kier molecular flexibility index (Phi) is 5.54. The van der Waals surface area contributed by atoms with Crippen LogP contribution in [0, 0.1) is 0 Å². The van der Waals surface area contributed by atoms with Gasteiger partial charge in [-0.15, -0.1) is 0 Å². The second-order valence-electron chi connectivity index (χ2n) is 8.17. The van der Waals surface area contributed by atoms with E-state index in [0.717, 1.165) is 25.4 Å². The van der Waals surface area contributed by atoms with Crippen LogP contribution >= 0.6 is 0 Å². The van der Waals surface area contributed by atoms with E-state index < -0.39 is 0 Å². The molecule has 1 aromatic heterocycles. The van der Waals surface area contributed by atoms with Crippen molar-refractivity contribution < 1.29 is 4.74 Å². The Labute approximate surface area is 178 Å². The number of fused-ring (bicyclic) bond motifs is 1. The number of nitrogens with zero attached hydrogens (tertiary/aromatic N) is 1. The third kappa shape index (κ3) is 4.12. The number of piperidine rings is 1. The molecule has 152 valence electrons. The lowest BCUT2D eigenvalue weighted by molar-refractivity contribution is 0.306. The SMILES string of the molecule is c1ccc(COc2ccc(Cn3cc(C4CCNCC4)c4ccccc43)cc2)cc1. The molecule has 1 saturated heterocycles. The number of ether oxygens (including phenoxy) is 1. The molecule has 0 unspecified atom stereocenters. The minimum absolute atomic E-state index is 0.599. The number of hydrogen-bond acceptors (Lipinski definition) is 2. The molecule has 1 N–H and O–H groups in total. The van der Waals surface area contributed by atoms with Gasteiger partial charge in [0.15, 0.2) is 0 Å². The smallest absolute Gasteiger partial charge is 0.119 e. The molecule has 2 heterocycles. The standard InChI is InChI=1S/C27H28N2O/c1-2-6-22(7-3-1)20-30-24-12-10-21(11-13-24)18-29-19-26(23-14-16-28-17-15-23)25-8-4-5-9-27(25)29/h1-13,19,23,28H,14-18,20H2. The maximum absolute atomic E-state index is 5.94. The highest BCUT2D eigenvalue weighted by atomic mass is 16.5. The van der Waals surface area contributed by atoms with Crippen LogP contribution < -0.4 is 10.1 Å². The maximum Gasteiger partial charge on any atom is 0.119 e. The highest BCUT2D eigenvalue weighted by Gasteiger charge is 2.20. The number of nitrogens with one attached hydrogen (secondary N) is 1. The van der Waals surface area contributed by atoms with Crippen LogP contribution in [0.15, 0.2) is 85.1 Å². The summed E-state index contributed by atoms with van der Waals surface area (Å²) in [6.45, 7) is 3.72. The molecule has 0 bridgehead atoms. The molecule has 0 saturated carbocycles. The van der Waals surface area contributed by atoms with E-state index in [4.69, 9.17) is 4.74 Å². The second-order valence-corrected chi connectivity index (χ2v) is 8.17. The van der Waals surface area contributed by atoms with Crippen molar-refractivity contribution >= 4 is 10.9 Å². The van der Waals surface area contributed by atoms with E-state index >= 15 is 0 Å². The summed E-state index contributed by atoms with van der Waals surface area (Å²) in [4.78, 5) is 0. The van der Waals surface area contributed by atoms with E-state index in [-0.39, 0.29) is 0 Å².